The Kier molecular flexibility index (Phi) is 4.75. The molecule has 4 heteroatoms. The first-order valence-electron chi connectivity index (χ1n) is 5.91. The van der Waals surface area contributed by atoms with Gasteiger partial charge in [0.1, 0.15) is 5.82 Å². The average Bonchev–Trinajstić information content (AvgIpc) is 2.78. The monoisotopic (exact) mass is 283 g/mol. The van der Waals surface area contributed by atoms with Crippen LogP contribution in [0, 0.1) is 5.82 Å². The quantitative estimate of drug-likeness (QED) is 0.856. The molecule has 1 aromatic carbocycles. The Labute approximate surface area is 116 Å². The van der Waals surface area contributed by atoms with Crippen LogP contribution < -0.4 is 5.32 Å². The molecule has 0 fully saturated rings. The van der Waals surface area contributed by atoms with E-state index in [1.165, 1.54) is 12.1 Å². The first-order valence-corrected chi connectivity index (χ1v) is 7.17. The Hall–Kier alpha value is -0.900. The van der Waals surface area contributed by atoms with Crippen molar-refractivity contribution in [2.24, 2.45) is 0 Å². The maximum atomic E-state index is 12.9. The molecule has 0 radical (unpaired) electrons. The van der Waals surface area contributed by atoms with Gasteiger partial charge in [0.2, 0.25) is 0 Å². The molecule has 0 aliphatic heterocycles. The lowest BCUT2D eigenvalue weighted by molar-refractivity contribution is 0.557. The first kappa shape index (κ1) is 13.5. The van der Waals surface area contributed by atoms with Gasteiger partial charge in [-0.1, -0.05) is 30.7 Å². The Morgan fingerprint density at radius 1 is 1.28 bits per heavy atom. The van der Waals surface area contributed by atoms with E-state index in [0.29, 0.717) is 0 Å². The smallest absolute Gasteiger partial charge is 0.123 e. The van der Waals surface area contributed by atoms with Gasteiger partial charge in [0.05, 0.1) is 5.02 Å². The van der Waals surface area contributed by atoms with Gasteiger partial charge in [0.15, 0.2) is 0 Å². The second kappa shape index (κ2) is 6.32. The third kappa shape index (κ3) is 3.31. The molecule has 0 bridgehead atoms. The molecular weight excluding hydrogens is 269 g/mol. The van der Waals surface area contributed by atoms with Crippen molar-refractivity contribution >= 4 is 22.9 Å². The molecule has 0 spiro atoms. The summed E-state index contributed by atoms with van der Waals surface area (Å²) in [4.78, 5) is 1.14. The van der Waals surface area contributed by atoms with Crippen molar-refractivity contribution in [1.29, 1.82) is 0 Å². The summed E-state index contributed by atoms with van der Waals surface area (Å²) in [6, 6.07) is 8.73. The molecule has 0 saturated heterocycles. The fourth-order valence-electron chi connectivity index (χ4n) is 1.91. The van der Waals surface area contributed by atoms with E-state index < -0.39 is 0 Å². The predicted octanol–water partition coefficient (Wildman–Crippen LogP) is 4.43. The fourth-order valence-corrected chi connectivity index (χ4v) is 3.18. The minimum atomic E-state index is -0.201. The van der Waals surface area contributed by atoms with Gasteiger partial charge in [0, 0.05) is 10.9 Å². The van der Waals surface area contributed by atoms with Gasteiger partial charge >= 0.3 is 0 Å². The third-order valence-corrected chi connectivity index (χ3v) is 4.24. The number of hydrogen-bond acceptors (Lipinski definition) is 2. The summed E-state index contributed by atoms with van der Waals surface area (Å²) in [7, 11) is 0. The number of rotatable bonds is 5. The second-order valence-electron chi connectivity index (χ2n) is 4.07. The molecule has 0 saturated carbocycles. The second-order valence-corrected chi connectivity index (χ2v) is 5.43. The standard InChI is InChI=1S/C14H15ClFNS/c1-2-17-13(14-12(15)7-8-18-14)9-10-3-5-11(16)6-4-10/h3-8,13,17H,2,9H2,1H3. The molecule has 1 nitrogen and oxygen atoms in total. The van der Waals surface area contributed by atoms with Crippen LogP contribution in [0.5, 0.6) is 0 Å². The molecule has 1 unspecified atom stereocenters. The molecule has 1 atom stereocenters. The Bertz CT molecular complexity index is 495. The highest BCUT2D eigenvalue weighted by Gasteiger charge is 2.15. The van der Waals surface area contributed by atoms with Crippen LogP contribution in [-0.4, -0.2) is 6.54 Å². The van der Waals surface area contributed by atoms with Crippen molar-refractivity contribution in [3.63, 3.8) is 0 Å². The zero-order valence-electron chi connectivity index (χ0n) is 10.1. The van der Waals surface area contributed by atoms with Crippen molar-refractivity contribution < 1.29 is 4.39 Å². The van der Waals surface area contributed by atoms with Gasteiger partial charge in [0.25, 0.3) is 0 Å². The van der Waals surface area contributed by atoms with E-state index in [4.69, 9.17) is 11.6 Å². The van der Waals surface area contributed by atoms with Crippen LogP contribution in [0.15, 0.2) is 35.7 Å². The van der Waals surface area contributed by atoms with E-state index in [0.717, 1.165) is 28.4 Å². The molecule has 2 aromatic rings. The summed E-state index contributed by atoms with van der Waals surface area (Å²) in [5.74, 6) is -0.201. The van der Waals surface area contributed by atoms with Gasteiger partial charge in [-0.25, -0.2) is 4.39 Å². The normalized spacial score (nSPS) is 12.6. The lowest BCUT2D eigenvalue weighted by Gasteiger charge is -2.17. The van der Waals surface area contributed by atoms with Gasteiger partial charge in [-0.05, 0) is 42.1 Å². The molecule has 2 rings (SSSR count). The number of likely N-dealkylation sites (N-methyl/N-ethyl adjacent to an activating group) is 1. The summed E-state index contributed by atoms with van der Waals surface area (Å²) in [5.41, 5.74) is 1.10. The van der Waals surface area contributed by atoms with E-state index in [9.17, 15) is 4.39 Å². The minimum Gasteiger partial charge on any atom is -0.309 e. The molecule has 1 aromatic heterocycles. The maximum Gasteiger partial charge on any atom is 0.123 e. The molecule has 96 valence electrons. The van der Waals surface area contributed by atoms with Crippen LogP contribution in [0.4, 0.5) is 4.39 Å². The largest absolute Gasteiger partial charge is 0.309 e. The predicted molar refractivity (Wildman–Crippen MR) is 75.9 cm³/mol. The van der Waals surface area contributed by atoms with Crippen LogP contribution in [-0.2, 0) is 6.42 Å². The fraction of sp³-hybridized carbons (Fsp3) is 0.286. The summed E-state index contributed by atoms with van der Waals surface area (Å²) in [6.07, 6.45) is 0.814. The SMILES string of the molecule is CCNC(Cc1ccc(F)cc1)c1sccc1Cl. The molecular formula is C14H15ClFNS. The highest BCUT2D eigenvalue weighted by molar-refractivity contribution is 7.10. The van der Waals surface area contributed by atoms with Crippen molar-refractivity contribution in [1.82, 2.24) is 5.32 Å². The van der Waals surface area contributed by atoms with Crippen molar-refractivity contribution in [3.05, 3.63) is 57.0 Å². The van der Waals surface area contributed by atoms with Crippen LogP contribution >= 0.6 is 22.9 Å². The third-order valence-electron chi connectivity index (χ3n) is 2.76. The van der Waals surface area contributed by atoms with E-state index in [2.05, 4.69) is 12.2 Å². The van der Waals surface area contributed by atoms with Crippen LogP contribution in [0.2, 0.25) is 5.02 Å². The topological polar surface area (TPSA) is 12.0 Å². The molecule has 1 heterocycles. The summed E-state index contributed by atoms with van der Waals surface area (Å²) < 4.78 is 12.9. The zero-order chi connectivity index (χ0) is 13.0. The van der Waals surface area contributed by atoms with E-state index in [1.54, 1.807) is 11.3 Å². The summed E-state index contributed by atoms with van der Waals surface area (Å²) in [5, 5.41) is 6.21. The summed E-state index contributed by atoms with van der Waals surface area (Å²) in [6.45, 7) is 2.94. The number of hydrogen-bond donors (Lipinski definition) is 1. The first-order chi connectivity index (χ1) is 8.70. The minimum absolute atomic E-state index is 0.188. The Balaban J connectivity index is 2.16. The molecule has 0 amide bonds. The van der Waals surface area contributed by atoms with Gasteiger partial charge < -0.3 is 5.32 Å². The molecule has 0 aliphatic rings. The van der Waals surface area contributed by atoms with E-state index >= 15 is 0 Å². The van der Waals surface area contributed by atoms with Crippen LogP contribution in [0.1, 0.15) is 23.4 Å². The highest BCUT2D eigenvalue weighted by atomic mass is 35.5. The van der Waals surface area contributed by atoms with E-state index in [-0.39, 0.29) is 11.9 Å². The summed E-state index contributed by atoms with van der Waals surface area (Å²) >= 11 is 7.82. The average molecular weight is 284 g/mol. The molecule has 0 aliphatic carbocycles. The number of benzene rings is 1. The lowest BCUT2D eigenvalue weighted by atomic mass is 10.0. The number of thiophene rings is 1. The molecule has 18 heavy (non-hydrogen) atoms. The highest BCUT2D eigenvalue weighted by Crippen LogP contribution is 2.30. The van der Waals surface area contributed by atoms with Gasteiger partial charge in [-0.2, -0.15) is 0 Å². The molecule has 1 N–H and O–H groups in total. The van der Waals surface area contributed by atoms with Crippen LogP contribution in [0.25, 0.3) is 0 Å². The van der Waals surface area contributed by atoms with Crippen LogP contribution in [0.3, 0.4) is 0 Å². The van der Waals surface area contributed by atoms with Crippen molar-refractivity contribution in [2.75, 3.05) is 6.54 Å². The van der Waals surface area contributed by atoms with Gasteiger partial charge in [-0.15, -0.1) is 11.3 Å². The Morgan fingerprint density at radius 2 is 2.00 bits per heavy atom. The van der Waals surface area contributed by atoms with Crippen molar-refractivity contribution in [3.8, 4) is 0 Å². The van der Waals surface area contributed by atoms with Gasteiger partial charge in [-0.3, -0.25) is 0 Å². The number of nitrogens with one attached hydrogen (secondary N) is 1. The Morgan fingerprint density at radius 3 is 2.56 bits per heavy atom. The number of halogens is 2. The lowest BCUT2D eigenvalue weighted by Crippen LogP contribution is -2.22. The van der Waals surface area contributed by atoms with Crippen molar-refractivity contribution in [2.45, 2.75) is 19.4 Å². The van der Waals surface area contributed by atoms with E-state index in [1.807, 2.05) is 23.6 Å². The zero-order valence-corrected chi connectivity index (χ0v) is 11.7. The maximum absolute atomic E-state index is 12.9.